The van der Waals surface area contributed by atoms with Crippen molar-refractivity contribution in [3.05, 3.63) is 75.2 Å². The van der Waals surface area contributed by atoms with E-state index in [1.165, 1.54) is 18.2 Å². The highest BCUT2D eigenvalue weighted by Gasteiger charge is 2.11. The van der Waals surface area contributed by atoms with Gasteiger partial charge in [-0.15, -0.1) is 0 Å². The topological polar surface area (TPSA) is 98.3 Å². The molecule has 0 fully saturated rings. The van der Waals surface area contributed by atoms with E-state index in [1.807, 2.05) is 24.3 Å². The molecule has 0 aliphatic heterocycles. The Labute approximate surface area is 157 Å². The molecule has 0 spiro atoms. The second kappa shape index (κ2) is 7.92. The molecule has 3 rings (SSSR count). The number of hydrogen-bond acceptors (Lipinski definition) is 5. The Morgan fingerprint density at radius 2 is 2.04 bits per heavy atom. The minimum absolute atomic E-state index is 0.0748. The largest absolute Gasteiger partial charge is 0.441 e. The molecule has 132 valence electrons. The highest BCUT2D eigenvalue weighted by molar-refractivity contribution is 9.10. The first-order valence-corrected chi connectivity index (χ1v) is 8.55. The van der Waals surface area contributed by atoms with Crippen molar-refractivity contribution in [2.45, 2.75) is 12.8 Å². The van der Waals surface area contributed by atoms with Crippen molar-refractivity contribution < 1.29 is 14.1 Å². The minimum atomic E-state index is -0.508. The Balaban J connectivity index is 1.58. The summed E-state index contributed by atoms with van der Waals surface area (Å²) in [5, 5.41) is 13.4. The number of carbonyl (C=O) groups is 1. The van der Waals surface area contributed by atoms with Crippen LogP contribution in [0.5, 0.6) is 0 Å². The van der Waals surface area contributed by atoms with Crippen LogP contribution in [-0.2, 0) is 11.2 Å². The van der Waals surface area contributed by atoms with E-state index >= 15 is 0 Å². The molecule has 0 aliphatic carbocycles. The van der Waals surface area contributed by atoms with Gasteiger partial charge in [0.25, 0.3) is 5.69 Å². The lowest BCUT2D eigenvalue weighted by Gasteiger charge is -2.04. The number of non-ortho nitro benzene ring substituents is 1. The van der Waals surface area contributed by atoms with Crippen LogP contribution in [0.25, 0.3) is 11.3 Å². The summed E-state index contributed by atoms with van der Waals surface area (Å²) in [6.45, 7) is 0. The van der Waals surface area contributed by atoms with E-state index in [-0.39, 0.29) is 18.0 Å². The number of benzene rings is 2. The number of aryl methyl sites for hydroxylation is 1. The second-order valence-corrected chi connectivity index (χ2v) is 6.40. The van der Waals surface area contributed by atoms with E-state index in [1.54, 1.807) is 12.3 Å². The summed E-state index contributed by atoms with van der Waals surface area (Å²) >= 11 is 3.40. The van der Waals surface area contributed by atoms with Crippen molar-refractivity contribution in [2.24, 2.45) is 0 Å². The first kappa shape index (κ1) is 17.8. The number of anilines is 1. The molecule has 26 heavy (non-hydrogen) atoms. The van der Waals surface area contributed by atoms with Crippen LogP contribution in [0.15, 0.2) is 63.6 Å². The van der Waals surface area contributed by atoms with Crippen LogP contribution in [0.1, 0.15) is 12.3 Å². The standard InChI is InChI=1S/C18H14BrN3O4/c19-13-4-1-3-12(9-13)16-11-20-18(26-16)8-7-17(23)21-14-5-2-6-15(10-14)22(24)25/h1-6,9-11H,7-8H2,(H,21,23). The van der Waals surface area contributed by atoms with Gasteiger partial charge in [-0.25, -0.2) is 4.98 Å². The van der Waals surface area contributed by atoms with E-state index in [0.29, 0.717) is 23.8 Å². The van der Waals surface area contributed by atoms with Gasteiger partial charge in [-0.1, -0.05) is 34.1 Å². The van der Waals surface area contributed by atoms with Crippen molar-refractivity contribution in [1.29, 1.82) is 0 Å². The van der Waals surface area contributed by atoms with Gasteiger partial charge in [-0.05, 0) is 18.2 Å². The van der Waals surface area contributed by atoms with Crippen molar-refractivity contribution in [2.75, 3.05) is 5.32 Å². The van der Waals surface area contributed by atoms with Crippen LogP contribution in [-0.4, -0.2) is 15.8 Å². The lowest BCUT2D eigenvalue weighted by molar-refractivity contribution is -0.384. The number of aromatic nitrogens is 1. The van der Waals surface area contributed by atoms with Crippen molar-refractivity contribution in [3.63, 3.8) is 0 Å². The summed E-state index contributed by atoms with van der Waals surface area (Å²) in [7, 11) is 0. The smallest absolute Gasteiger partial charge is 0.271 e. The maximum Gasteiger partial charge on any atom is 0.271 e. The number of hydrogen-bond donors (Lipinski definition) is 1. The van der Waals surface area contributed by atoms with Crippen LogP contribution < -0.4 is 5.32 Å². The first-order valence-electron chi connectivity index (χ1n) is 7.76. The van der Waals surface area contributed by atoms with Gasteiger partial charge in [-0.3, -0.25) is 14.9 Å². The predicted molar refractivity (Wildman–Crippen MR) is 99.7 cm³/mol. The molecule has 0 saturated carbocycles. The lowest BCUT2D eigenvalue weighted by atomic mass is 10.2. The van der Waals surface area contributed by atoms with Crippen LogP contribution in [0.3, 0.4) is 0 Å². The summed E-state index contributed by atoms with van der Waals surface area (Å²) in [4.78, 5) is 26.5. The third-order valence-electron chi connectivity index (χ3n) is 3.57. The molecule has 7 nitrogen and oxygen atoms in total. The van der Waals surface area contributed by atoms with E-state index in [2.05, 4.69) is 26.2 Å². The molecule has 0 unspecified atom stereocenters. The van der Waals surface area contributed by atoms with Crippen molar-refractivity contribution in [3.8, 4) is 11.3 Å². The van der Waals surface area contributed by atoms with Gasteiger partial charge in [-0.2, -0.15) is 0 Å². The maximum atomic E-state index is 12.0. The van der Waals surface area contributed by atoms with E-state index in [4.69, 9.17) is 4.42 Å². The minimum Gasteiger partial charge on any atom is -0.441 e. The molecule has 0 radical (unpaired) electrons. The summed E-state index contributed by atoms with van der Waals surface area (Å²) in [5.41, 5.74) is 1.19. The van der Waals surface area contributed by atoms with Gasteiger partial charge < -0.3 is 9.73 Å². The predicted octanol–water partition coefficient (Wildman–Crippen LogP) is 4.58. The number of oxazole rings is 1. The molecule has 0 bridgehead atoms. The molecule has 1 aromatic heterocycles. The monoisotopic (exact) mass is 415 g/mol. The number of rotatable bonds is 6. The number of halogens is 1. The SMILES string of the molecule is O=C(CCc1ncc(-c2cccc(Br)c2)o1)Nc1cccc([N+](=O)[O-])c1. The second-order valence-electron chi connectivity index (χ2n) is 5.48. The fourth-order valence-electron chi connectivity index (χ4n) is 2.34. The fraction of sp³-hybridized carbons (Fsp3) is 0.111. The average Bonchev–Trinajstić information content (AvgIpc) is 3.09. The normalized spacial score (nSPS) is 10.5. The third kappa shape index (κ3) is 4.54. The zero-order chi connectivity index (χ0) is 18.5. The van der Waals surface area contributed by atoms with Crippen molar-refractivity contribution in [1.82, 2.24) is 4.98 Å². The Hall–Kier alpha value is -3.00. The third-order valence-corrected chi connectivity index (χ3v) is 4.06. The number of nitrogens with one attached hydrogen (secondary N) is 1. The molecule has 3 aromatic rings. The van der Waals surface area contributed by atoms with E-state index < -0.39 is 4.92 Å². The molecule has 0 atom stereocenters. The molecule has 1 heterocycles. The number of amides is 1. The van der Waals surface area contributed by atoms with Crippen molar-refractivity contribution >= 4 is 33.2 Å². The molecule has 1 amide bonds. The van der Waals surface area contributed by atoms with Gasteiger partial charge in [0.1, 0.15) is 0 Å². The van der Waals surface area contributed by atoms with E-state index in [0.717, 1.165) is 10.0 Å². The van der Waals surface area contributed by atoms with Crippen LogP contribution in [0, 0.1) is 10.1 Å². The van der Waals surface area contributed by atoms with Crippen LogP contribution >= 0.6 is 15.9 Å². The fourth-order valence-corrected chi connectivity index (χ4v) is 2.74. The Kier molecular flexibility index (Phi) is 5.43. The summed E-state index contributed by atoms with van der Waals surface area (Å²) in [5.74, 6) is 0.808. The molecule has 8 heteroatoms. The number of nitro groups is 1. The summed E-state index contributed by atoms with van der Waals surface area (Å²) in [6.07, 6.45) is 2.10. The van der Waals surface area contributed by atoms with Gasteiger partial charge >= 0.3 is 0 Å². The first-order chi connectivity index (χ1) is 12.5. The molecule has 0 saturated heterocycles. The van der Waals surface area contributed by atoms with Gasteiger partial charge in [0.05, 0.1) is 11.1 Å². The number of nitro benzene ring substituents is 1. The summed E-state index contributed by atoms with van der Waals surface area (Å²) < 4.78 is 6.61. The molecular formula is C18H14BrN3O4. The highest BCUT2D eigenvalue weighted by Crippen LogP contribution is 2.24. The Bertz CT molecular complexity index is 955. The number of carbonyl (C=O) groups excluding carboxylic acids is 1. The zero-order valence-electron chi connectivity index (χ0n) is 13.5. The van der Waals surface area contributed by atoms with Gasteiger partial charge in [0.2, 0.25) is 5.91 Å². The molecule has 0 aliphatic rings. The van der Waals surface area contributed by atoms with E-state index in [9.17, 15) is 14.9 Å². The highest BCUT2D eigenvalue weighted by atomic mass is 79.9. The average molecular weight is 416 g/mol. The van der Waals surface area contributed by atoms with Crippen LogP contribution in [0.4, 0.5) is 11.4 Å². The molecule has 2 aromatic carbocycles. The Morgan fingerprint density at radius 1 is 1.23 bits per heavy atom. The molecular weight excluding hydrogens is 402 g/mol. The zero-order valence-corrected chi connectivity index (χ0v) is 15.1. The maximum absolute atomic E-state index is 12.0. The lowest BCUT2D eigenvalue weighted by Crippen LogP contribution is -2.12. The summed E-state index contributed by atoms with van der Waals surface area (Å²) in [6, 6.07) is 13.4. The molecule has 1 N–H and O–H groups in total. The quantitative estimate of drug-likeness (QED) is 0.468. The number of nitrogens with zero attached hydrogens (tertiary/aromatic N) is 2. The van der Waals surface area contributed by atoms with Crippen LogP contribution in [0.2, 0.25) is 0 Å². The van der Waals surface area contributed by atoms with Gasteiger partial charge in [0, 0.05) is 40.7 Å². The Morgan fingerprint density at radius 3 is 2.81 bits per heavy atom. The van der Waals surface area contributed by atoms with Gasteiger partial charge in [0.15, 0.2) is 11.7 Å².